The van der Waals surface area contributed by atoms with E-state index in [2.05, 4.69) is 37.0 Å². The van der Waals surface area contributed by atoms with Gasteiger partial charge in [-0.2, -0.15) is 0 Å². The van der Waals surface area contributed by atoms with Gasteiger partial charge in [-0.25, -0.2) is 0 Å². The molecule has 2 aromatic rings. The summed E-state index contributed by atoms with van der Waals surface area (Å²) in [5.41, 5.74) is 0.824. The first-order chi connectivity index (χ1) is 9.25. The average Bonchev–Trinajstić information content (AvgIpc) is 3.04. The third-order valence-corrected chi connectivity index (χ3v) is 5.41. The zero-order chi connectivity index (χ0) is 13.0. The van der Waals surface area contributed by atoms with E-state index in [1.54, 1.807) is 6.20 Å². The standard InChI is InChI=1S/C14H16BrN3O/c15-11-7-18(13-9(11)3-4-17-14(13)19)12-2-1-8-5-16-6-10(8)12/h3-4,7-8,10,12,16H,1-2,5-6H2,(H,17,19). The molecule has 0 spiro atoms. The van der Waals surface area contributed by atoms with Crippen LogP contribution in [-0.2, 0) is 0 Å². The van der Waals surface area contributed by atoms with Crippen LogP contribution < -0.4 is 10.9 Å². The highest BCUT2D eigenvalue weighted by molar-refractivity contribution is 9.10. The molecule has 0 aromatic carbocycles. The minimum Gasteiger partial charge on any atom is -0.338 e. The first-order valence-electron chi connectivity index (χ1n) is 6.84. The fourth-order valence-corrected chi connectivity index (χ4v) is 4.44. The zero-order valence-electron chi connectivity index (χ0n) is 10.5. The van der Waals surface area contributed by atoms with Crippen LogP contribution in [0.1, 0.15) is 18.9 Å². The molecule has 5 heteroatoms. The van der Waals surface area contributed by atoms with E-state index in [4.69, 9.17) is 0 Å². The number of nitrogens with one attached hydrogen (secondary N) is 2. The molecule has 0 amide bonds. The maximum absolute atomic E-state index is 12.1. The van der Waals surface area contributed by atoms with Crippen molar-refractivity contribution in [1.29, 1.82) is 0 Å². The van der Waals surface area contributed by atoms with E-state index < -0.39 is 0 Å². The van der Waals surface area contributed by atoms with Crippen LogP contribution in [0.5, 0.6) is 0 Å². The number of halogens is 1. The van der Waals surface area contributed by atoms with Gasteiger partial charge < -0.3 is 14.9 Å². The lowest BCUT2D eigenvalue weighted by Crippen LogP contribution is -2.21. The molecule has 4 nitrogen and oxygen atoms in total. The van der Waals surface area contributed by atoms with E-state index in [9.17, 15) is 4.79 Å². The van der Waals surface area contributed by atoms with Crippen molar-refractivity contribution in [3.05, 3.63) is 33.3 Å². The number of aromatic amines is 1. The zero-order valence-corrected chi connectivity index (χ0v) is 12.1. The van der Waals surface area contributed by atoms with E-state index in [-0.39, 0.29) is 5.56 Å². The van der Waals surface area contributed by atoms with Crippen LogP contribution in [-0.4, -0.2) is 22.6 Å². The molecule has 4 rings (SSSR count). The Balaban J connectivity index is 1.90. The van der Waals surface area contributed by atoms with Crippen LogP contribution in [0.3, 0.4) is 0 Å². The third-order valence-electron chi connectivity index (χ3n) is 4.78. The van der Waals surface area contributed by atoms with Gasteiger partial charge in [0.2, 0.25) is 0 Å². The maximum Gasteiger partial charge on any atom is 0.272 e. The number of aromatic nitrogens is 2. The Hall–Kier alpha value is -1.07. The summed E-state index contributed by atoms with van der Waals surface area (Å²) in [6.07, 6.45) is 6.26. The number of pyridine rings is 1. The fraction of sp³-hybridized carbons (Fsp3) is 0.500. The van der Waals surface area contributed by atoms with Gasteiger partial charge in [0.25, 0.3) is 5.56 Å². The number of nitrogens with zero attached hydrogens (tertiary/aromatic N) is 1. The topological polar surface area (TPSA) is 49.8 Å². The van der Waals surface area contributed by atoms with Crippen molar-refractivity contribution in [2.24, 2.45) is 11.8 Å². The molecule has 100 valence electrons. The van der Waals surface area contributed by atoms with E-state index in [0.717, 1.165) is 34.4 Å². The molecule has 1 saturated carbocycles. The molecule has 2 N–H and O–H groups in total. The lowest BCUT2D eigenvalue weighted by Gasteiger charge is -2.20. The van der Waals surface area contributed by atoms with Crippen molar-refractivity contribution in [3.8, 4) is 0 Å². The van der Waals surface area contributed by atoms with Crippen molar-refractivity contribution in [1.82, 2.24) is 14.9 Å². The van der Waals surface area contributed by atoms with Crippen molar-refractivity contribution in [3.63, 3.8) is 0 Å². The van der Waals surface area contributed by atoms with Gasteiger partial charge in [-0.3, -0.25) is 4.79 Å². The van der Waals surface area contributed by atoms with Gasteiger partial charge >= 0.3 is 0 Å². The first-order valence-corrected chi connectivity index (χ1v) is 7.63. The number of fused-ring (bicyclic) bond motifs is 2. The Morgan fingerprint density at radius 3 is 3.11 bits per heavy atom. The number of H-pyrrole nitrogens is 1. The van der Waals surface area contributed by atoms with Crippen molar-refractivity contribution in [2.45, 2.75) is 18.9 Å². The lowest BCUT2D eigenvalue weighted by molar-refractivity contribution is 0.377. The Kier molecular flexibility index (Phi) is 2.60. The summed E-state index contributed by atoms with van der Waals surface area (Å²) < 4.78 is 3.22. The molecule has 0 radical (unpaired) electrons. The molecule has 19 heavy (non-hydrogen) atoms. The van der Waals surface area contributed by atoms with E-state index in [0.29, 0.717) is 12.0 Å². The Labute approximate surface area is 119 Å². The molecule has 3 atom stereocenters. The molecule has 0 bridgehead atoms. The van der Waals surface area contributed by atoms with Crippen molar-refractivity contribution < 1.29 is 0 Å². The predicted molar refractivity (Wildman–Crippen MR) is 78.4 cm³/mol. The number of hydrogen-bond acceptors (Lipinski definition) is 2. The van der Waals surface area contributed by atoms with Crippen LogP contribution >= 0.6 is 15.9 Å². The summed E-state index contributed by atoms with van der Waals surface area (Å²) in [7, 11) is 0. The normalized spacial score (nSPS) is 30.1. The minimum absolute atomic E-state index is 0.0117. The molecular formula is C14H16BrN3O. The molecule has 2 aromatic heterocycles. The molecule has 3 unspecified atom stereocenters. The van der Waals surface area contributed by atoms with Gasteiger partial charge in [-0.15, -0.1) is 0 Å². The van der Waals surface area contributed by atoms with Gasteiger partial charge in [0.15, 0.2) is 0 Å². The van der Waals surface area contributed by atoms with E-state index in [1.165, 1.54) is 12.8 Å². The summed E-state index contributed by atoms with van der Waals surface area (Å²) >= 11 is 3.58. The second kappa shape index (κ2) is 4.21. The highest BCUT2D eigenvalue weighted by atomic mass is 79.9. The summed E-state index contributed by atoms with van der Waals surface area (Å²) in [5, 5.41) is 4.49. The minimum atomic E-state index is 0.0117. The lowest BCUT2D eigenvalue weighted by atomic mass is 9.97. The predicted octanol–water partition coefficient (Wildman–Crippen LogP) is 2.26. The SMILES string of the molecule is O=c1[nH]ccc2c(Br)cn(C3CCC4CNCC43)c12. The molecule has 2 aliphatic rings. The third kappa shape index (κ3) is 1.64. The molecule has 2 fully saturated rings. The number of rotatable bonds is 1. The maximum atomic E-state index is 12.1. The molecule has 1 aliphatic carbocycles. The average molecular weight is 322 g/mol. The van der Waals surface area contributed by atoms with Crippen LogP contribution in [0.4, 0.5) is 0 Å². The van der Waals surface area contributed by atoms with Gasteiger partial charge in [-0.05, 0) is 53.2 Å². The fourth-order valence-electron chi connectivity index (χ4n) is 3.90. The Morgan fingerprint density at radius 2 is 2.21 bits per heavy atom. The van der Waals surface area contributed by atoms with Crippen LogP contribution in [0.15, 0.2) is 27.7 Å². The van der Waals surface area contributed by atoms with Crippen molar-refractivity contribution >= 4 is 26.8 Å². The van der Waals surface area contributed by atoms with Crippen molar-refractivity contribution in [2.75, 3.05) is 13.1 Å². The largest absolute Gasteiger partial charge is 0.338 e. The molecule has 1 saturated heterocycles. The quantitative estimate of drug-likeness (QED) is 0.846. The summed E-state index contributed by atoms with van der Waals surface area (Å²) in [6.45, 7) is 2.22. The first kappa shape index (κ1) is 11.7. The Morgan fingerprint density at radius 1 is 1.32 bits per heavy atom. The van der Waals surface area contributed by atoms with Gasteiger partial charge in [0, 0.05) is 34.8 Å². The van der Waals surface area contributed by atoms with Crippen LogP contribution in [0.25, 0.3) is 10.9 Å². The summed E-state index contributed by atoms with van der Waals surface area (Å²) in [5.74, 6) is 1.45. The second-order valence-corrected chi connectivity index (χ2v) is 6.53. The van der Waals surface area contributed by atoms with E-state index in [1.807, 2.05) is 6.07 Å². The molecule has 3 heterocycles. The van der Waals surface area contributed by atoms with Crippen LogP contribution in [0, 0.1) is 11.8 Å². The second-order valence-electron chi connectivity index (χ2n) is 5.68. The van der Waals surface area contributed by atoms with Crippen LogP contribution in [0.2, 0.25) is 0 Å². The summed E-state index contributed by atoms with van der Waals surface area (Å²) in [6, 6.07) is 2.42. The highest BCUT2D eigenvalue weighted by Gasteiger charge is 2.40. The monoisotopic (exact) mass is 321 g/mol. The molecular weight excluding hydrogens is 306 g/mol. The Bertz CT molecular complexity index is 690. The van der Waals surface area contributed by atoms with Gasteiger partial charge in [0.05, 0.1) is 0 Å². The highest BCUT2D eigenvalue weighted by Crippen LogP contribution is 2.44. The van der Waals surface area contributed by atoms with Gasteiger partial charge in [0.1, 0.15) is 5.52 Å². The smallest absolute Gasteiger partial charge is 0.272 e. The van der Waals surface area contributed by atoms with Gasteiger partial charge in [-0.1, -0.05) is 0 Å². The van der Waals surface area contributed by atoms with E-state index >= 15 is 0 Å². The summed E-state index contributed by atoms with van der Waals surface area (Å²) in [4.78, 5) is 14.9. The molecule has 1 aliphatic heterocycles. The number of hydrogen-bond donors (Lipinski definition) is 2.